The third-order valence-electron chi connectivity index (χ3n) is 4.84. The number of hydrogen-bond acceptors (Lipinski definition) is 8. The summed E-state index contributed by atoms with van der Waals surface area (Å²) < 4.78 is 5.15. The smallest absolute Gasteiger partial charge is 0.206 e. The van der Waals surface area contributed by atoms with Gasteiger partial charge in [0.05, 0.1) is 25.3 Å². The summed E-state index contributed by atoms with van der Waals surface area (Å²) in [6, 6.07) is 17.4. The Morgan fingerprint density at radius 3 is 2.34 bits per heavy atom. The van der Waals surface area contributed by atoms with Crippen molar-refractivity contribution in [2.45, 2.75) is 6.04 Å². The average molecular weight is 388 g/mol. The predicted octanol–water partition coefficient (Wildman–Crippen LogP) is 1.39. The minimum absolute atomic E-state index is 0.00839. The number of nitrogens with one attached hydrogen (secondary N) is 1. The molecular formula is C20H16N6O3. The van der Waals surface area contributed by atoms with Gasteiger partial charge in [0.15, 0.2) is 5.69 Å². The molecule has 0 fully saturated rings. The fourth-order valence-electron chi connectivity index (χ4n) is 3.47. The Bertz CT molecular complexity index is 1070. The molecule has 0 aromatic heterocycles. The summed E-state index contributed by atoms with van der Waals surface area (Å²) in [6.07, 6.45) is 0. The zero-order valence-electron chi connectivity index (χ0n) is 15.3. The normalized spacial score (nSPS) is 18.5. The monoisotopic (exact) mass is 388 g/mol. The highest BCUT2D eigenvalue weighted by Gasteiger charge is 2.55. The molecule has 9 nitrogen and oxygen atoms in total. The van der Waals surface area contributed by atoms with Crippen LogP contribution in [0.4, 0.5) is 11.4 Å². The van der Waals surface area contributed by atoms with Crippen molar-refractivity contribution in [3.8, 4) is 24.0 Å². The Hall–Kier alpha value is -4.07. The van der Waals surface area contributed by atoms with Crippen molar-refractivity contribution in [3.63, 3.8) is 0 Å². The van der Waals surface area contributed by atoms with Gasteiger partial charge in [-0.25, -0.2) is 5.21 Å². The van der Waals surface area contributed by atoms with Crippen LogP contribution in [0.5, 0.6) is 5.75 Å². The number of rotatable bonds is 4. The van der Waals surface area contributed by atoms with E-state index >= 15 is 0 Å². The summed E-state index contributed by atoms with van der Waals surface area (Å²) >= 11 is 0. The lowest BCUT2D eigenvalue weighted by atomic mass is 9.76. The summed E-state index contributed by atoms with van der Waals surface area (Å²) in [4.78, 5) is 1.51. The van der Waals surface area contributed by atoms with E-state index in [0.717, 1.165) is 0 Å². The van der Waals surface area contributed by atoms with Crippen LogP contribution in [-0.2, 0) is 0 Å². The van der Waals surface area contributed by atoms with Crippen LogP contribution in [0.25, 0.3) is 0 Å². The number of nitrogens with two attached hydrogens (primary N) is 1. The summed E-state index contributed by atoms with van der Waals surface area (Å²) in [5, 5.41) is 49.1. The Labute approximate surface area is 166 Å². The number of methoxy groups -OCH3 is 1. The predicted molar refractivity (Wildman–Crippen MR) is 101 cm³/mol. The van der Waals surface area contributed by atoms with E-state index < -0.39 is 16.7 Å². The van der Waals surface area contributed by atoms with Crippen molar-refractivity contribution in [1.82, 2.24) is 0 Å². The van der Waals surface area contributed by atoms with Crippen molar-refractivity contribution in [1.29, 1.82) is 15.8 Å². The number of nitriles is 3. The molecule has 2 aromatic carbocycles. The van der Waals surface area contributed by atoms with E-state index in [-0.39, 0.29) is 17.1 Å². The molecule has 1 aliphatic heterocycles. The van der Waals surface area contributed by atoms with Crippen molar-refractivity contribution >= 4 is 11.4 Å². The van der Waals surface area contributed by atoms with Crippen LogP contribution in [0.1, 0.15) is 11.6 Å². The number of quaternary nitrogens is 1. The number of hydrogen-bond donors (Lipinski definition) is 3. The Morgan fingerprint density at radius 1 is 1.17 bits per heavy atom. The summed E-state index contributed by atoms with van der Waals surface area (Å²) in [7, 11) is 1.52. The van der Waals surface area contributed by atoms with Gasteiger partial charge in [-0.15, -0.1) is 0 Å². The van der Waals surface area contributed by atoms with Crippen molar-refractivity contribution in [3.05, 3.63) is 70.7 Å². The lowest BCUT2D eigenvalue weighted by Crippen LogP contribution is -2.99. The van der Waals surface area contributed by atoms with E-state index in [4.69, 9.17) is 10.5 Å². The van der Waals surface area contributed by atoms with Crippen molar-refractivity contribution in [2.75, 3.05) is 12.0 Å². The SMILES string of the molecule is COc1ccc(N2C(N)=C(C#N)C(C#N)(C#N)C2c2cccc([NH+]([O-])O)c2)cc1. The molecule has 3 rings (SSSR count). The van der Waals surface area contributed by atoms with Crippen molar-refractivity contribution in [2.24, 2.45) is 11.1 Å². The highest BCUT2D eigenvalue weighted by molar-refractivity contribution is 5.67. The molecule has 4 N–H and O–H groups in total. The van der Waals surface area contributed by atoms with Gasteiger partial charge in [-0.2, -0.15) is 21.0 Å². The van der Waals surface area contributed by atoms with Crippen LogP contribution in [0.3, 0.4) is 0 Å². The molecular weight excluding hydrogens is 372 g/mol. The number of nitrogens with zero attached hydrogens (tertiary/aromatic N) is 4. The molecule has 0 aliphatic carbocycles. The van der Waals surface area contributed by atoms with Gasteiger partial charge in [0.1, 0.15) is 23.2 Å². The minimum Gasteiger partial charge on any atom is -0.595 e. The van der Waals surface area contributed by atoms with Gasteiger partial charge in [0, 0.05) is 17.8 Å². The minimum atomic E-state index is -1.91. The Balaban J connectivity index is 2.27. The van der Waals surface area contributed by atoms with Crippen LogP contribution in [0, 0.1) is 44.6 Å². The van der Waals surface area contributed by atoms with Gasteiger partial charge in [-0.05, 0) is 29.8 Å². The first-order valence-corrected chi connectivity index (χ1v) is 8.43. The number of benzene rings is 2. The molecule has 0 saturated heterocycles. The second-order valence-electron chi connectivity index (χ2n) is 6.30. The highest BCUT2D eigenvalue weighted by Crippen LogP contribution is 2.52. The largest absolute Gasteiger partial charge is 0.595 e. The maximum atomic E-state index is 11.4. The number of anilines is 1. The van der Waals surface area contributed by atoms with Crippen LogP contribution < -0.4 is 20.6 Å². The molecule has 144 valence electrons. The van der Waals surface area contributed by atoms with Gasteiger partial charge in [0.25, 0.3) is 0 Å². The molecule has 29 heavy (non-hydrogen) atoms. The molecule has 0 spiro atoms. The Kier molecular flexibility index (Phi) is 5.10. The lowest BCUT2D eigenvalue weighted by Gasteiger charge is -2.32. The fraction of sp³-hybridized carbons (Fsp3) is 0.150. The standard InChI is InChI=1S/C20H16N6O3/c1-29-16-7-5-14(6-8-16)25-18(13-3-2-4-15(9-13)26(27)28)20(11-22,12-23)17(10-21)19(25)24/h2-9,18,26-27H,24H2,1H3. The third kappa shape index (κ3) is 3.00. The third-order valence-corrected chi connectivity index (χ3v) is 4.84. The van der Waals surface area contributed by atoms with Crippen LogP contribution in [0.15, 0.2) is 59.9 Å². The molecule has 2 unspecified atom stereocenters. The second kappa shape index (κ2) is 7.51. The number of ether oxygens (including phenoxy) is 1. The maximum Gasteiger partial charge on any atom is 0.206 e. The summed E-state index contributed by atoms with van der Waals surface area (Å²) in [5.74, 6) is 0.554. The van der Waals surface area contributed by atoms with E-state index in [1.165, 1.54) is 30.2 Å². The van der Waals surface area contributed by atoms with E-state index in [1.807, 2.05) is 18.2 Å². The van der Waals surface area contributed by atoms with E-state index in [2.05, 4.69) is 0 Å². The molecule has 0 amide bonds. The summed E-state index contributed by atoms with van der Waals surface area (Å²) in [5.41, 5.74) is 5.02. The maximum absolute atomic E-state index is 11.4. The van der Waals surface area contributed by atoms with Gasteiger partial charge < -0.3 is 20.6 Å². The molecule has 1 heterocycles. The van der Waals surface area contributed by atoms with Crippen LogP contribution >= 0.6 is 0 Å². The molecule has 0 radical (unpaired) electrons. The van der Waals surface area contributed by atoms with Crippen LogP contribution in [-0.4, -0.2) is 12.3 Å². The van der Waals surface area contributed by atoms with Gasteiger partial charge >= 0.3 is 0 Å². The summed E-state index contributed by atoms with van der Waals surface area (Å²) in [6.45, 7) is 0. The highest BCUT2D eigenvalue weighted by atomic mass is 16.8. The first-order chi connectivity index (χ1) is 13.9. The lowest BCUT2D eigenvalue weighted by molar-refractivity contribution is -0.991. The molecule has 0 bridgehead atoms. The first kappa shape index (κ1) is 19.7. The first-order valence-electron chi connectivity index (χ1n) is 8.43. The van der Waals surface area contributed by atoms with Gasteiger partial charge in [-0.1, -0.05) is 12.1 Å². The molecule has 2 atom stereocenters. The topological polar surface area (TPSA) is 158 Å². The quantitative estimate of drug-likeness (QED) is 0.663. The molecule has 9 heteroatoms. The molecule has 0 saturated carbocycles. The Morgan fingerprint density at radius 2 is 1.83 bits per heavy atom. The van der Waals surface area contributed by atoms with Crippen LogP contribution in [0.2, 0.25) is 0 Å². The van der Waals surface area contributed by atoms with E-state index in [9.17, 15) is 26.2 Å². The zero-order valence-corrected chi connectivity index (χ0v) is 15.3. The fourth-order valence-corrected chi connectivity index (χ4v) is 3.47. The van der Waals surface area contributed by atoms with Gasteiger partial charge in [0.2, 0.25) is 5.41 Å². The molecule has 2 aromatic rings. The van der Waals surface area contributed by atoms with E-state index in [1.54, 1.807) is 30.3 Å². The average Bonchev–Trinajstić information content (AvgIpc) is 3.01. The zero-order chi connectivity index (χ0) is 21.2. The van der Waals surface area contributed by atoms with Gasteiger partial charge in [-0.3, -0.25) is 0 Å². The second-order valence-corrected chi connectivity index (χ2v) is 6.30. The van der Waals surface area contributed by atoms with E-state index in [0.29, 0.717) is 17.0 Å². The molecule has 1 aliphatic rings. The van der Waals surface area contributed by atoms with Crippen molar-refractivity contribution < 1.29 is 15.2 Å².